The monoisotopic (exact) mass is 382 g/mol. The van der Waals surface area contributed by atoms with E-state index in [9.17, 15) is 27.6 Å². The predicted octanol–water partition coefficient (Wildman–Crippen LogP) is 1.24. The first kappa shape index (κ1) is 18.2. The summed E-state index contributed by atoms with van der Waals surface area (Å²) < 4.78 is 39.2. The van der Waals surface area contributed by atoms with E-state index in [-0.39, 0.29) is 12.1 Å². The van der Waals surface area contributed by atoms with Gasteiger partial charge < -0.3 is 10.6 Å². The number of carbonyl (C=O) groups excluding carboxylic acids is 3. The number of rotatable bonds is 2. The molecule has 142 valence electrons. The third kappa shape index (κ3) is 4.16. The zero-order chi connectivity index (χ0) is 19.6. The number of hydrogen-bond donors (Lipinski definition) is 4. The summed E-state index contributed by atoms with van der Waals surface area (Å²) in [6, 6.07) is 1.59. The van der Waals surface area contributed by atoms with E-state index in [0.29, 0.717) is 5.69 Å². The van der Waals surface area contributed by atoms with Gasteiger partial charge in [0.15, 0.2) is 0 Å². The van der Waals surface area contributed by atoms with E-state index < -0.39 is 35.8 Å². The molecule has 9 nitrogen and oxygen atoms in total. The van der Waals surface area contributed by atoms with Gasteiger partial charge >= 0.3 is 18.2 Å². The molecule has 1 aliphatic heterocycles. The molecule has 0 saturated carbocycles. The average Bonchev–Trinajstić information content (AvgIpc) is 3.08. The number of aromatic nitrogens is 2. The maximum atomic E-state index is 12.7. The zero-order valence-corrected chi connectivity index (χ0v) is 13.5. The van der Waals surface area contributed by atoms with Gasteiger partial charge in [0.25, 0.3) is 5.91 Å². The second-order valence-electron chi connectivity index (χ2n) is 5.61. The van der Waals surface area contributed by atoms with Crippen LogP contribution in [-0.2, 0) is 17.4 Å². The summed E-state index contributed by atoms with van der Waals surface area (Å²) in [7, 11) is 0. The maximum Gasteiger partial charge on any atom is 0.416 e. The Bertz CT molecular complexity index is 895. The molecule has 1 atom stereocenters. The molecule has 0 spiro atoms. The smallest absolute Gasteiger partial charge is 0.325 e. The summed E-state index contributed by atoms with van der Waals surface area (Å²) in [6.45, 7) is 0. The van der Waals surface area contributed by atoms with Crippen molar-refractivity contribution in [3.8, 4) is 0 Å². The van der Waals surface area contributed by atoms with Gasteiger partial charge in [-0.2, -0.15) is 13.2 Å². The van der Waals surface area contributed by atoms with Crippen molar-refractivity contribution in [2.75, 3.05) is 5.32 Å². The summed E-state index contributed by atoms with van der Waals surface area (Å²) in [5, 5.41) is 4.60. The summed E-state index contributed by atoms with van der Waals surface area (Å²) in [6.07, 6.45) is -1.64. The molecule has 0 unspecified atom stereocenters. The van der Waals surface area contributed by atoms with Gasteiger partial charge in [0.05, 0.1) is 5.56 Å². The molecule has 2 aromatic rings. The molecular weight excluding hydrogens is 369 g/mol. The lowest BCUT2D eigenvalue weighted by Gasteiger charge is -2.23. The number of halogens is 3. The fourth-order valence-electron chi connectivity index (χ4n) is 2.43. The first-order valence-corrected chi connectivity index (χ1v) is 7.60. The van der Waals surface area contributed by atoms with Crippen molar-refractivity contribution in [3.05, 3.63) is 48.0 Å². The number of nitrogens with zero attached hydrogens (tertiary/aromatic N) is 2. The number of hydrogen-bond acceptors (Lipinski definition) is 4. The Morgan fingerprint density at radius 3 is 2.78 bits per heavy atom. The van der Waals surface area contributed by atoms with Crippen LogP contribution in [0.25, 0.3) is 0 Å². The second kappa shape index (κ2) is 6.97. The predicted molar refractivity (Wildman–Crippen MR) is 85.4 cm³/mol. The standard InChI is InChI=1S/C15H13F3N6O3/c16-15(17,18)8-2-1-3-9(4-8)20-13(26)23-22-12(25)11-5-10-6-19-7-24(10)14(27)21-11/h1-4,6-7,11H,5H2,(H,21,27)(H,22,25)(H2,20,23,26)/t11-/m1/s1. The van der Waals surface area contributed by atoms with E-state index in [4.69, 9.17) is 0 Å². The molecule has 0 fully saturated rings. The maximum absolute atomic E-state index is 12.7. The van der Waals surface area contributed by atoms with E-state index >= 15 is 0 Å². The van der Waals surface area contributed by atoms with Crippen LogP contribution in [0.3, 0.4) is 0 Å². The van der Waals surface area contributed by atoms with Gasteiger partial charge in [-0.3, -0.25) is 14.8 Å². The van der Waals surface area contributed by atoms with Crippen molar-refractivity contribution in [2.24, 2.45) is 0 Å². The summed E-state index contributed by atoms with van der Waals surface area (Å²) >= 11 is 0. The number of hydrazine groups is 1. The Morgan fingerprint density at radius 2 is 2.04 bits per heavy atom. The molecule has 0 saturated heterocycles. The number of anilines is 1. The van der Waals surface area contributed by atoms with E-state index in [1.54, 1.807) is 0 Å². The number of benzene rings is 1. The molecule has 1 aromatic carbocycles. The minimum atomic E-state index is -4.55. The quantitative estimate of drug-likeness (QED) is 0.585. The van der Waals surface area contributed by atoms with Gasteiger partial charge in [0.2, 0.25) is 0 Å². The number of urea groups is 1. The van der Waals surface area contributed by atoms with Crippen molar-refractivity contribution in [1.82, 2.24) is 25.7 Å². The fourth-order valence-corrected chi connectivity index (χ4v) is 2.43. The number of carbonyl (C=O) groups is 3. The largest absolute Gasteiger partial charge is 0.416 e. The number of nitrogens with one attached hydrogen (secondary N) is 4. The van der Waals surface area contributed by atoms with Crippen molar-refractivity contribution >= 4 is 23.7 Å². The zero-order valence-electron chi connectivity index (χ0n) is 13.5. The van der Waals surface area contributed by atoms with Gasteiger partial charge in [-0.25, -0.2) is 20.0 Å². The van der Waals surface area contributed by atoms with Crippen LogP contribution >= 0.6 is 0 Å². The van der Waals surface area contributed by atoms with Crippen molar-refractivity contribution < 1.29 is 27.6 Å². The molecule has 27 heavy (non-hydrogen) atoms. The second-order valence-corrected chi connectivity index (χ2v) is 5.61. The van der Waals surface area contributed by atoms with Crippen LogP contribution < -0.4 is 21.5 Å². The van der Waals surface area contributed by atoms with Crippen LogP contribution in [0.1, 0.15) is 11.3 Å². The topological polar surface area (TPSA) is 117 Å². The SMILES string of the molecule is O=C(NNC(=O)[C@H]1Cc2cncn2C(=O)N1)Nc1cccc(C(F)(F)F)c1. The van der Waals surface area contributed by atoms with Crippen molar-refractivity contribution in [2.45, 2.75) is 18.6 Å². The summed E-state index contributed by atoms with van der Waals surface area (Å²) in [4.78, 5) is 39.4. The Hall–Kier alpha value is -3.57. The molecule has 0 aliphatic carbocycles. The lowest BCUT2D eigenvalue weighted by molar-refractivity contribution is -0.137. The Morgan fingerprint density at radius 1 is 1.26 bits per heavy atom. The number of amides is 4. The molecule has 4 amide bonds. The van der Waals surface area contributed by atoms with Crippen LogP contribution in [0.4, 0.5) is 28.4 Å². The molecule has 0 bridgehead atoms. The van der Waals surface area contributed by atoms with Gasteiger partial charge in [-0.05, 0) is 18.2 Å². The number of alkyl halides is 3. The van der Waals surface area contributed by atoms with Gasteiger partial charge in [0.1, 0.15) is 12.4 Å². The van der Waals surface area contributed by atoms with E-state index in [0.717, 1.165) is 18.2 Å². The third-order valence-corrected chi connectivity index (χ3v) is 3.71. The normalized spacial score (nSPS) is 16.1. The molecule has 4 N–H and O–H groups in total. The average molecular weight is 382 g/mol. The molecule has 3 rings (SSSR count). The highest BCUT2D eigenvalue weighted by molar-refractivity contribution is 5.93. The summed E-state index contributed by atoms with van der Waals surface area (Å²) in [5.41, 5.74) is 3.60. The minimum Gasteiger partial charge on any atom is -0.325 e. The highest BCUT2D eigenvalue weighted by Gasteiger charge is 2.31. The molecule has 2 heterocycles. The Labute approximate surface area is 149 Å². The first-order chi connectivity index (χ1) is 12.7. The Balaban J connectivity index is 1.54. The van der Waals surface area contributed by atoms with Crippen LogP contribution in [0.5, 0.6) is 0 Å². The molecule has 12 heteroatoms. The molecule has 0 radical (unpaired) electrons. The lowest BCUT2D eigenvalue weighted by Crippen LogP contribution is -2.56. The fraction of sp³-hybridized carbons (Fsp3) is 0.200. The highest BCUT2D eigenvalue weighted by atomic mass is 19.4. The molecule has 1 aromatic heterocycles. The number of fused-ring (bicyclic) bond motifs is 1. The lowest BCUT2D eigenvalue weighted by atomic mass is 10.1. The van der Waals surface area contributed by atoms with Crippen LogP contribution in [0, 0.1) is 0 Å². The molecular formula is C15H13F3N6O3. The first-order valence-electron chi connectivity index (χ1n) is 7.60. The van der Waals surface area contributed by atoms with Crippen molar-refractivity contribution in [1.29, 1.82) is 0 Å². The summed E-state index contributed by atoms with van der Waals surface area (Å²) in [5.74, 6) is -0.699. The highest BCUT2D eigenvalue weighted by Crippen LogP contribution is 2.30. The van der Waals surface area contributed by atoms with Crippen LogP contribution in [0.2, 0.25) is 0 Å². The van der Waals surface area contributed by atoms with E-state index in [1.165, 1.54) is 23.2 Å². The van der Waals surface area contributed by atoms with E-state index in [2.05, 4.69) is 21.0 Å². The number of imidazole rings is 1. The minimum absolute atomic E-state index is 0.105. The van der Waals surface area contributed by atoms with Crippen molar-refractivity contribution in [3.63, 3.8) is 0 Å². The van der Waals surface area contributed by atoms with Crippen LogP contribution in [0.15, 0.2) is 36.8 Å². The third-order valence-electron chi connectivity index (χ3n) is 3.71. The van der Waals surface area contributed by atoms with Crippen LogP contribution in [-0.4, -0.2) is 33.6 Å². The molecule has 1 aliphatic rings. The van der Waals surface area contributed by atoms with Gasteiger partial charge in [-0.15, -0.1) is 0 Å². The van der Waals surface area contributed by atoms with E-state index in [1.807, 2.05) is 5.43 Å². The van der Waals surface area contributed by atoms with Gasteiger partial charge in [-0.1, -0.05) is 6.07 Å². The van der Waals surface area contributed by atoms with Gasteiger partial charge in [0, 0.05) is 24.0 Å². The Kier molecular flexibility index (Phi) is 4.71.